The van der Waals surface area contributed by atoms with Crippen molar-refractivity contribution >= 4 is 23.3 Å². The van der Waals surface area contributed by atoms with Crippen LogP contribution in [-0.2, 0) is 9.59 Å². The van der Waals surface area contributed by atoms with E-state index >= 15 is 0 Å². The van der Waals surface area contributed by atoms with Crippen LogP contribution in [0.3, 0.4) is 0 Å². The van der Waals surface area contributed by atoms with E-state index in [1.54, 1.807) is 29.2 Å². The van der Waals surface area contributed by atoms with Gasteiger partial charge in [0, 0.05) is 18.2 Å². The van der Waals surface area contributed by atoms with Crippen LogP contribution >= 0.6 is 0 Å². The Labute approximate surface area is 129 Å². The molecule has 1 atom stereocenters. The van der Waals surface area contributed by atoms with Crippen molar-refractivity contribution in [2.45, 2.75) is 32.2 Å². The summed E-state index contributed by atoms with van der Waals surface area (Å²) in [6.45, 7) is 2.16. The summed E-state index contributed by atoms with van der Waals surface area (Å²) in [6, 6.07) is 6.05. The molecule has 2 rings (SSSR count). The third-order valence-corrected chi connectivity index (χ3v) is 3.77. The summed E-state index contributed by atoms with van der Waals surface area (Å²) in [5.74, 6) is -1.15. The van der Waals surface area contributed by atoms with Crippen LogP contribution in [-0.4, -0.2) is 46.8 Å². The molecule has 1 aliphatic heterocycles. The van der Waals surface area contributed by atoms with Gasteiger partial charge in [0.2, 0.25) is 5.91 Å². The first-order valence-corrected chi connectivity index (χ1v) is 7.35. The number of nitrogens with zero attached hydrogens (tertiary/aromatic N) is 1. The molecule has 1 amide bonds. The van der Waals surface area contributed by atoms with Crippen LogP contribution in [0.15, 0.2) is 24.3 Å². The minimum Gasteiger partial charge on any atom is -0.480 e. The van der Waals surface area contributed by atoms with E-state index in [1.807, 2.05) is 0 Å². The smallest absolute Gasteiger partial charge is 0.320 e. The van der Waals surface area contributed by atoms with Crippen LogP contribution in [0.25, 0.3) is 0 Å². The molecule has 0 spiro atoms. The van der Waals surface area contributed by atoms with Gasteiger partial charge in [0.1, 0.15) is 6.04 Å². The minimum absolute atomic E-state index is 0.108. The molecule has 1 heterocycles. The molecule has 1 fully saturated rings. The predicted octanol–water partition coefficient (Wildman–Crippen LogP) is 1.77. The van der Waals surface area contributed by atoms with Gasteiger partial charge in [0.15, 0.2) is 5.78 Å². The number of nitrogens with one attached hydrogen (secondary N) is 1. The Morgan fingerprint density at radius 3 is 2.50 bits per heavy atom. The van der Waals surface area contributed by atoms with Gasteiger partial charge in [-0.3, -0.25) is 19.3 Å². The number of carboxylic acids is 1. The summed E-state index contributed by atoms with van der Waals surface area (Å²) in [5, 5.41) is 11.9. The highest BCUT2D eigenvalue weighted by Crippen LogP contribution is 2.18. The molecule has 0 saturated carbocycles. The number of hydrogen-bond acceptors (Lipinski definition) is 4. The summed E-state index contributed by atoms with van der Waals surface area (Å²) in [5.41, 5.74) is 1.15. The Kier molecular flexibility index (Phi) is 5.27. The van der Waals surface area contributed by atoms with Gasteiger partial charge in [-0.2, -0.15) is 0 Å². The molecular formula is C16H20N2O4. The number of anilines is 1. The van der Waals surface area contributed by atoms with Gasteiger partial charge < -0.3 is 10.4 Å². The van der Waals surface area contributed by atoms with Crippen molar-refractivity contribution in [2.24, 2.45) is 0 Å². The Bertz CT molecular complexity index is 568. The fourth-order valence-electron chi connectivity index (χ4n) is 2.68. The summed E-state index contributed by atoms with van der Waals surface area (Å²) >= 11 is 0. The number of carbonyl (C=O) groups excluding carboxylic acids is 2. The van der Waals surface area contributed by atoms with Crippen molar-refractivity contribution in [3.05, 3.63) is 29.8 Å². The summed E-state index contributed by atoms with van der Waals surface area (Å²) in [7, 11) is 0. The van der Waals surface area contributed by atoms with Crippen molar-refractivity contribution in [3.63, 3.8) is 0 Å². The van der Waals surface area contributed by atoms with E-state index in [1.165, 1.54) is 6.92 Å². The van der Waals surface area contributed by atoms with Crippen molar-refractivity contribution in [3.8, 4) is 0 Å². The van der Waals surface area contributed by atoms with E-state index in [4.69, 9.17) is 0 Å². The maximum absolute atomic E-state index is 12.3. The molecule has 22 heavy (non-hydrogen) atoms. The number of Topliss-reactive ketones (excluding diaryl/α,β-unsaturated/α-hetero) is 1. The quantitative estimate of drug-likeness (QED) is 0.810. The molecule has 2 N–H and O–H groups in total. The Morgan fingerprint density at radius 1 is 1.23 bits per heavy atom. The van der Waals surface area contributed by atoms with Crippen molar-refractivity contribution in [2.75, 3.05) is 18.4 Å². The van der Waals surface area contributed by atoms with Gasteiger partial charge in [-0.05, 0) is 43.7 Å². The maximum Gasteiger partial charge on any atom is 0.320 e. The molecule has 1 saturated heterocycles. The second-order valence-corrected chi connectivity index (χ2v) is 5.50. The van der Waals surface area contributed by atoms with Gasteiger partial charge in [-0.1, -0.05) is 6.42 Å². The van der Waals surface area contributed by atoms with E-state index in [0.717, 1.165) is 12.8 Å². The van der Waals surface area contributed by atoms with Crippen molar-refractivity contribution < 1.29 is 19.5 Å². The number of amides is 1. The predicted molar refractivity (Wildman–Crippen MR) is 81.9 cm³/mol. The molecule has 1 aromatic rings. The second kappa shape index (κ2) is 7.17. The highest BCUT2D eigenvalue weighted by Gasteiger charge is 2.29. The number of aliphatic carboxylic acids is 1. The summed E-state index contributed by atoms with van der Waals surface area (Å²) in [4.78, 5) is 36.2. The van der Waals surface area contributed by atoms with Crippen LogP contribution in [0.1, 0.15) is 36.5 Å². The summed E-state index contributed by atoms with van der Waals surface area (Å²) in [6.07, 6.45) is 2.38. The normalized spacial score (nSPS) is 18.7. The monoisotopic (exact) mass is 304 g/mol. The van der Waals surface area contributed by atoms with Gasteiger partial charge in [0.05, 0.1) is 6.54 Å². The largest absolute Gasteiger partial charge is 0.480 e. The van der Waals surface area contributed by atoms with Crippen molar-refractivity contribution in [1.82, 2.24) is 4.90 Å². The second-order valence-electron chi connectivity index (χ2n) is 5.50. The van der Waals surface area contributed by atoms with Gasteiger partial charge >= 0.3 is 5.97 Å². The van der Waals surface area contributed by atoms with Crippen LogP contribution in [0, 0.1) is 0 Å². The first-order valence-electron chi connectivity index (χ1n) is 7.35. The first-order chi connectivity index (χ1) is 10.5. The molecule has 6 nitrogen and oxygen atoms in total. The van der Waals surface area contributed by atoms with Crippen molar-refractivity contribution in [1.29, 1.82) is 0 Å². The lowest BCUT2D eigenvalue weighted by molar-refractivity contribution is -0.144. The lowest BCUT2D eigenvalue weighted by atomic mass is 10.0. The Morgan fingerprint density at radius 2 is 1.91 bits per heavy atom. The average molecular weight is 304 g/mol. The number of likely N-dealkylation sites (tertiary alicyclic amines) is 1. The number of ketones is 1. The van der Waals surface area contributed by atoms with Crippen LogP contribution in [0.2, 0.25) is 0 Å². The molecule has 0 aliphatic carbocycles. The zero-order chi connectivity index (χ0) is 16.1. The standard InChI is InChI=1S/C16H20N2O4/c1-11(19)17-13-7-5-12(6-8-13)15(20)10-18-9-3-2-4-14(18)16(21)22/h5-8,14H,2-4,9-10H2,1H3,(H,17,19)(H,21,22). The lowest BCUT2D eigenvalue weighted by Crippen LogP contribution is -2.46. The zero-order valence-corrected chi connectivity index (χ0v) is 12.5. The lowest BCUT2D eigenvalue weighted by Gasteiger charge is -2.32. The minimum atomic E-state index is -0.867. The Hall–Kier alpha value is -2.21. The van der Waals surface area contributed by atoms with E-state index in [9.17, 15) is 19.5 Å². The number of benzene rings is 1. The molecule has 118 valence electrons. The molecular weight excluding hydrogens is 284 g/mol. The van der Waals surface area contributed by atoms with E-state index in [2.05, 4.69) is 5.32 Å². The topological polar surface area (TPSA) is 86.7 Å². The third kappa shape index (κ3) is 4.14. The first kappa shape index (κ1) is 16.2. The average Bonchev–Trinajstić information content (AvgIpc) is 2.47. The van der Waals surface area contributed by atoms with Crippen LogP contribution < -0.4 is 5.32 Å². The maximum atomic E-state index is 12.3. The van der Waals surface area contributed by atoms with E-state index in [-0.39, 0.29) is 18.2 Å². The van der Waals surface area contributed by atoms with Gasteiger partial charge in [-0.25, -0.2) is 0 Å². The molecule has 0 aromatic heterocycles. The van der Waals surface area contributed by atoms with E-state index < -0.39 is 12.0 Å². The molecule has 0 radical (unpaired) electrons. The zero-order valence-electron chi connectivity index (χ0n) is 12.5. The fraction of sp³-hybridized carbons (Fsp3) is 0.438. The van der Waals surface area contributed by atoms with Gasteiger partial charge in [-0.15, -0.1) is 0 Å². The number of rotatable bonds is 5. The highest BCUT2D eigenvalue weighted by molar-refractivity contribution is 5.98. The summed E-state index contributed by atoms with van der Waals surface area (Å²) < 4.78 is 0. The SMILES string of the molecule is CC(=O)Nc1ccc(C(=O)CN2CCCCC2C(=O)O)cc1. The number of hydrogen-bond donors (Lipinski definition) is 2. The fourth-order valence-corrected chi connectivity index (χ4v) is 2.68. The molecule has 6 heteroatoms. The van der Waals surface area contributed by atoms with Crippen LogP contribution in [0.4, 0.5) is 5.69 Å². The van der Waals surface area contributed by atoms with Crippen LogP contribution in [0.5, 0.6) is 0 Å². The molecule has 1 aliphatic rings. The number of carbonyl (C=O) groups is 3. The molecule has 0 bridgehead atoms. The number of piperidine rings is 1. The number of carboxylic acid groups (broad SMARTS) is 1. The molecule has 1 aromatic carbocycles. The highest BCUT2D eigenvalue weighted by atomic mass is 16.4. The Balaban J connectivity index is 2.01. The third-order valence-electron chi connectivity index (χ3n) is 3.77. The van der Waals surface area contributed by atoms with E-state index in [0.29, 0.717) is 24.2 Å². The van der Waals surface area contributed by atoms with Gasteiger partial charge in [0.25, 0.3) is 0 Å². The molecule has 1 unspecified atom stereocenters.